The van der Waals surface area contributed by atoms with E-state index in [0.29, 0.717) is 11.3 Å². The predicted molar refractivity (Wildman–Crippen MR) is 70.4 cm³/mol. The lowest BCUT2D eigenvalue weighted by Crippen LogP contribution is -2.36. The molecule has 0 atom stereocenters. The molecule has 90 valence electrons. The van der Waals surface area contributed by atoms with Gasteiger partial charge < -0.3 is 11.1 Å². The number of nitrogens with two attached hydrogens (primary N) is 1. The van der Waals surface area contributed by atoms with Crippen molar-refractivity contribution in [3.63, 3.8) is 0 Å². The van der Waals surface area contributed by atoms with E-state index in [4.69, 9.17) is 11.0 Å². The molecule has 5 heteroatoms. The maximum absolute atomic E-state index is 10.9. The number of benzene rings is 1. The minimum absolute atomic E-state index is 0.199. The van der Waals surface area contributed by atoms with Gasteiger partial charge in [-0.25, -0.2) is 0 Å². The second-order valence-corrected chi connectivity index (χ2v) is 5.37. The monoisotopic (exact) mass is 295 g/mol. The van der Waals surface area contributed by atoms with Gasteiger partial charge in [0.05, 0.1) is 11.3 Å². The molecule has 0 aliphatic heterocycles. The topological polar surface area (TPSA) is 78.9 Å². The van der Waals surface area contributed by atoms with Gasteiger partial charge in [0.1, 0.15) is 6.07 Å². The van der Waals surface area contributed by atoms with Gasteiger partial charge in [-0.1, -0.05) is 15.9 Å². The van der Waals surface area contributed by atoms with Crippen LogP contribution in [0.5, 0.6) is 0 Å². The van der Waals surface area contributed by atoms with Gasteiger partial charge in [-0.2, -0.15) is 5.26 Å². The van der Waals surface area contributed by atoms with Crippen LogP contribution in [0.2, 0.25) is 0 Å². The Labute approximate surface area is 109 Å². The molecule has 0 fully saturated rings. The van der Waals surface area contributed by atoms with Crippen molar-refractivity contribution in [2.24, 2.45) is 5.73 Å². The first kappa shape index (κ1) is 13.5. The van der Waals surface area contributed by atoms with E-state index in [1.807, 2.05) is 13.8 Å². The van der Waals surface area contributed by atoms with Crippen molar-refractivity contribution in [2.75, 3.05) is 5.32 Å². The maximum atomic E-state index is 10.9. The third-order valence-corrected chi connectivity index (χ3v) is 2.68. The molecule has 4 nitrogen and oxygen atoms in total. The summed E-state index contributed by atoms with van der Waals surface area (Å²) in [5.41, 5.74) is 5.91. The summed E-state index contributed by atoms with van der Waals surface area (Å²) in [5, 5.41) is 12.1. The van der Waals surface area contributed by atoms with Crippen molar-refractivity contribution in [1.82, 2.24) is 0 Å². The number of carbonyl (C=O) groups is 1. The lowest BCUT2D eigenvalue weighted by atomic mass is 9.99. The zero-order chi connectivity index (χ0) is 13.1. The number of nitrogens with one attached hydrogen (secondary N) is 1. The second kappa shape index (κ2) is 5.19. The molecule has 0 aliphatic carbocycles. The average Bonchev–Trinajstić information content (AvgIpc) is 2.14. The van der Waals surface area contributed by atoms with E-state index in [2.05, 4.69) is 27.3 Å². The molecule has 0 aliphatic rings. The highest BCUT2D eigenvalue weighted by atomic mass is 79.9. The van der Waals surface area contributed by atoms with E-state index in [-0.39, 0.29) is 12.3 Å². The number of halogens is 1. The molecule has 0 spiro atoms. The van der Waals surface area contributed by atoms with Crippen LogP contribution in [0.25, 0.3) is 0 Å². The van der Waals surface area contributed by atoms with Gasteiger partial charge in [-0.3, -0.25) is 4.79 Å². The Bertz CT molecular complexity index is 477. The summed E-state index contributed by atoms with van der Waals surface area (Å²) in [7, 11) is 0. The van der Waals surface area contributed by atoms with Crippen LogP contribution in [-0.4, -0.2) is 11.4 Å². The number of hydrogen-bond donors (Lipinski definition) is 2. The number of hydrogen-bond acceptors (Lipinski definition) is 3. The van der Waals surface area contributed by atoms with Crippen molar-refractivity contribution < 1.29 is 4.79 Å². The molecule has 1 aromatic rings. The number of nitrogens with zero attached hydrogens (tertiary/aromatic N) is 1. The summed E-state index contributed by atoms with van der Waals surface area (Å²) in [6.07, 6.45) is 0.199. The van der Waals surface area contributed by atoms with Crippen molar-refractivity contribution in [3.8, 4) is 6.07 Å². The zero-order valence-electron chi connectivity index (χ0n) is 9.75. The van der Waals surface area contributed by atoms with E-state index in [9.17, 15) is 4.79 Å². The second-order valence-electron chi connectivity index (χ2n) is 4.45. The van der Waals surface area contributed by atoms with Crippen LogP contribution in [0.15, 0.2) is 22.7 Å². The summed E-state index contributed by atoms with van der Waals surface area (Å²) >= 11 is 3.34. The number of rotatable bonds is 4. The lowest BCUT2D eigenvalue weighted by molar-refractivity contribution is -0.118. The molecule has 17 heavy (non-hydrogen) atoms. The quantitative estimate of drug-likeness (QED) is 0.895. The van der Waals surface area contributed by atoms with Crippen molar-refractivity contribution in [1.29, 1.82) is 5.26 Å². The molecule has 0 saturated carbocycles. The fraction of sp³-hybridized carbons (Fsp3) is 0.333. The van der Waals surface area contributed by atoms with Gasteiger partial charge in [-0.05, 0) is 32.0 Å². The van der Waals surface area contributed by atoms with E-state index >= 15 is 0 Å². The highest BCUT2D eigenvalue weighted by Gasteiger charge is 2.21. The summed E-state index contributed by atoms with van der Waals surface area (Å²) in [6.45, 7) is 3.72. The van der Waals surface area contributed by atoms with Crippen LogP contribution in [0.3, 0.4) is 0 Å². The van der Waals surface area contributed by atoms with E-state index in [1.165, 1.54) is 0 Å². The van der Waals surface area contributed by atoms with Crippen molar-refractivity contribution >= 4 is 27.5 Å². The smallest absolute Gasteiger partial charge is 0.219 e. The summed E-state index contributed by atoms with van der Waals surface area (Å²) in [5.74, 6) is -0.379. The third-order valence-electron chi connectivity index (χ3n) is 2.19. The lowest BCUT2D eigenvalue weighted by Gasteiger charge is -2.26. The number of amides is 1. The first-order valence-electron chi connectivity index (χ1n) is 5.10. The van der Waals surface area contributed by atoms with Gasteiger partial charge in [0, 0.05) is 16.4 Å². The Balaban J connectivity index is 2.98. The molecule has 0 unspecified atom stereocenters. The van der Waals surface area contributed by atoms with Gasteiger partial charge in [0.2, 0.25) is 5.91 Å². The molecule has 1 aromatic carbocycles. The van der Waals surface area contributed by atoms with Crippen LogP contribution in [0, 0.1) is 11.3 Å². The number of carbonyl (C=O) groups excluding carboxylic acids is 1. The fourth-order valence-electron chi connectivity index (χ4n) is 1.56. The first-order valence-corrected chi connectivity index (χ1v) is 5.89. The minimum Gasteiger partial charge on any atom is -0.379 e. The van der Waals surface area contributed by atoms with Gasteiger partial charge in [0.25, 0.3) is 0 Å². The molecule has 1 amide bonds. The number of anilines is 1. The number of primary amides is 1. The number of nitriles is 1. The molecule has 0 aromatic heterocycles. The molecule has 0 radical (unpaired) electrons. The SMILES string of the molecule is CC(C)(CC(N)=O)Nc1cc(Br)ccc1C#N. The zero-order valence-corrected chi connectivity index (χ0v) is 11.3. The van der Waals surface area contributed by atoms with E-state index in [1.54, 1.807) is 18.2 Å². The normalized spacial score (nSPS) is 10.7. The van der Waals surface area contributed by atoms with E-state index < -0.39 is 5.54 Å². The molecule has 0 saturated heterocycles. The minimum atomic E-state index is -0.488. The van der Waals surface area contributed by atoms with Crippen LogP contribution in [0.1, 0.15) is 25.8 Å². The standard InChI is InChI=1S/C12H14BrN3O/c1-12(2,6-11(15)17)16-10-5-9(13)4-3-8(10)7-14/h3-5,16H,6H2,1-2H3,(H2,15,17). The highest BCUT2D eigenvalue weighted by Crippen LogP contribution is 2.25. The highest BCUT2D eigenvalue weighted by molar-refractivity contribution is 9.10. The molecule has 3 N–H and O–H groups in total. The Hall–Kier alpha value is -1.54. The largest absolute Gasteiger partial charge is 0.379 e. The van der Waals surface area contributed by atoms with Gasteiger partial charge >= 0.3 is 0 Å². The first-order chi connectivity index (χ1) is 7.84. The summed E-state index contributed by atoms with van der Waals surface area (Å²) < 4.78 is 0.869. The van der Waals surface area contributed by atoms with E-state index in [0.717, 1.165) is 4.47 Å². The predicted octanol–water partition coefficient (Wildman–Crippen LogP) is 2.39. The molecule has 1 rings (SSSR count). The molecular weight excluding hydrogens is 282 g/mol. The molecule has 0 bridgehead atoms. The van der Waals surface area contributed by atoms with Crippen molar-refractivity contribution in [2.45, 2.75) is 25.8 Å². The fourth-order valence-corrected chi connectivity index (χ4v) is 1.92. The molecular formula is C12H14BrN3O. The van der Waals surface area contributed by atoms with Gasteiger partial charge in [-0.15, -0.1) is 0 Å². The van der Waals surface area contributed by atoms with Crippen LogP contribution >= 0.6 is 15.9 Å². The Morgan fingerprint density at radius 2 is 2.24 bits per heavy atom. The Morgan fingerprint density at radius 3 is 2.76 bits per heavy atom. The van der Waals surface area contributed by atoms with Crippen LogP contribution in [-0.2, 0) is 4.79 Å². The Kier molecular flexibility index (Phi) is 4.13. The van der Waals surface area contributed by atoms with Crippen LogP contribution in [0.4, 0.5) is 5.69 Å². The molecule has 0 heterocycles. The summed E-state index contributed by atoms with van der Waals surface area (Å²) in [6, 6.07) is 7.42. The van der Waals surface area contributed by atoms with Crippen molar-refractivity contribution in [3.05, 3.63) is 28.2 Å². The van der Waals surface area contributed by atoms with Gasteiger partial charge in [0.15, 0.2) is 0 Å². The maximum Gasteiger partial charge on any atom is 0.219 e. The third kappa shape index (κ3) is 4.08. The summed E-state index contributed by atoms with van der Waals surface area (Å²) in [4.78, 5) is 10.9. The Morgan fingerprint density at radius 1 is 1.59 bits per heavy atom. The average molecular weight is 296 g/mol. The van der Waals surface area contributed by atoms with Crippen LogP contribution < -0.4 is 11.1 Å².